The summed E-state index contributed by atoms with van der Waals surface area (Å²) in [4.78, 5) is 3.57. The summed E-state index contributed by atoms with van der Waals surface area (Å²) in [6.45, 7) is -0.530. The zero-order valence-corrected chi connectivity index (χ0v) is 6.67. The van der Waals surface area contributed by atoms with Crippen LogP contribution in [0.4, 0.5) is 8.78 Å². The van der Waals surface area contributed by atoms with E-state index in [1.54, 1.807) is 0 Å². The van der Waals surface area contributed by atoms with Gasteiger partial charge in [-0.1, -0.05) is 0 Å². The van der Waals surface area contributed by atoms with Gasteiger partial charge >= 0.3 is 0 Å². The van der Waals surface area contributed by atoms with Gasteiger partial charge in [-0.25, -0.2) is 4.98 Å². The van der Waals surface area contributed by atoms with Crippen molar-refractivity contribution in [1.29, 1.82) is 0 Å². The lowest BCUT2D eigenvalue weighted by Crippen LogP contribution is -2.18. The zero-order chi connectivity index (χ0) is 9.19. The van der Waals surface area contributed by atoms with Gasteiger partial charge in [-0.2, -0.15) is 8.78 Å². The van der Waals surface area contributed by atoms with E-state index in [9.17, 15) is 8.78 Å². The van der Waals surface area contributed by atoms with Gasteiger partial charge in [0, 0.05) is 20.1 Å². The smallest absolute Gasteiger partial charge is 0.291 e. The van der Waals surface area contributed by atoms with Crippen molar-refractivity contribution >= 4 is 0 Å². The first-order chi connectivity index (χ1) is 5.58. The van der Waals surface area contributed by atoms with Gasteiger partial charge in [0.05, 0.1) is 12.5 Å². The van der Waals surface area contributed by atoms with Crippen molar-refractivity contribution in [2.24, 2.45) is 7.05 Å². The van der Waals surface area contributed by atoms with E-state index in [0.29, 0.717) is 0 Å². The number of aryl methyl sites for hydroxylation is 1. The van der Waals surface area contributed by atoms with E-state index in [4.69, 9.17) is 5.11 Å². The maximum atomic E-state index is 13.0. The molecule has 68 valence electrons. The minimum Gasteiger partial charge on any atom is -0.396 e. The highest BCUT2D eigenvalue weighted by Crippen LogP contribution is 2.30. The van der Waals surface area contributed by atoms with Crippen molar-refractivity contribution in [1.82, 2.24) is 9.55 Å². The molecule has 0 aromatic carbocycles. The van der Waals surface area contributed by atoms with Crippen molar-refractivity contribution in [2.75, 3.05) is 6.61 Å². The molecule has 0 saturated carbocycles. The third-order valence-electron chi connectivity index (χ3n) is 1.62. The maximum Gasteiger partial charge on any atom is 0.291 e. The van der Waals surface area contributed by atoms with Crippen LogP contribution in [0.15, 0.2) is 12.5 Å². The number of nitrogens with zero attached hydrogens (tertiary/aromatic N) is 2. The topological polar surface area (TPSA) is 38.0 Å². The fourth-order valence-corrected chi connectivity index (χ4v) is 0.978. The van der Waals surface area contributed by atoms with Crippen LogP contribution >= 0.6 is 0 Å². The van der Waals surface area contributed by atoms with Gasteiger partial charge in [0.2, 0.25) is 0 Å². The molecule has 3 nitrogen and oxygen atoms in total. The quantitative estimate of drug-likeness (QED) is 0.742. The van der Waals surface area contributed by atoms with Crippen LogP contribution in [0.5, 0.6) is 0 Å². The third kappa shape index (κ3) is 1.61. The van der Waals surface area contributed by atoms with Crippen LogP contribution in [0.3, 0.4) is 0 Å². The molecule has 0 bridgehead atoms. The lowest BCUT2D eigenvalue weighted by molar-refractivity contribution is -0.0334. The van der Waals surface area contributed by atoms with Gasteiger partial charge < -0.3 is 9.67 Å². The number of aliphatic hydroxyl groups is 1. The van der Waals surface area contributed by atoms with Gasteiger partial charge in [-0.3, -0.25) is 0 Å². The van der Waals surface area contributed by atoms with Gasteiger partial charge in [-0.15, -0.1) is 0 Å². The molecule has 1 rings (SSSR count). The second-order valence-corrected chi connectivity index (χ2v) is 2.57. The number of aromatic nitrogens is 2. The predicted molar refractivity (Wildman–Crippen MR) is 38.8 cm³/mol. The molecule has 0 unspecified atom stereocenters. The van der Waals surface area contributed by atoms with Crippen molar-refractivity contribution in [2.45, 2.75) is 12.3 Å². The van der Waals surface area contributed by atoms with Crippen LogP contribution in [-0.2, 0) is 13.0 Å². The van der Waals surface area contributed by atoms with E-state index in [2.05, 4.69) is 4.98 Å². The lowest BCUT2D eigenvalue weighted by atomic mass is 10.2. The molecule has 12 heavy (non-hydrogen) atoms. The Morgan fingerprint density at radius 1 is 1.67 bits per heavy atom. The summed E-state index contributed by atoms with van der Waals surface area (Å²) in [5, 5.41) is 8.38. The van der Waals surface area contributed by atoms with Crippen molar-refractivity contribution in [3.63, 3.8) is 0 Å². The molecule has 1 aromatic rings. The minimum absolute atomic E-state index is 0.170. The molecule has 0 radical (unpaired) electrons. The van der Waals surface area contributed by atoms with Gasteiger partial charge in [0.1, 0.15) is 5.69 Å². The Hall–Kier alpha value is -0.970. The summed E-state index contributed by atoms with van der Waals surface area (Å²) < 4.78 is 27.3. The molecule has 0 fully saturated rings. The molecule has 0 aliphatic heterocycles. The molecule has 0 amide bonds. The molecule has 0 atom stereocenters. The Balaban J connectivity index is 2.88. The van der Waals surface area contributed by atoms with E-state index in [1.807, 2.05) is 0 Å². The number of aliphatic hydroxyl groups excluding tert-OH is 1. The number of hydrogen-bond acceptors (Lipinski definition) is 2. The van der Waals surface area contributed by atoms with Gasteiger partial charge in [0.25, 0.3) is 5.92 Å². The number of hydrogen-bond donors (Lipinski definition) is 1. The number of imidazole rings is 1. The summed E-state index contributed by atoms with van der Waals surface area (Å²) in [7, 11) is 1.49. The Morgan fingerprint density at radius 3 is 2.75 bits per heavy atom. The summed E-state index contributed by atoms with van der Waals surface area (Å²) in [6, 6.07) is 0. The van der Waals surface area contributed by atoms with E-state index in [0.717, 1.165) is 6.20 Å². The zero-order valence-electron chi connectivity index (χ0n) is 6.67. The Morgan fingerprint density at radius 2 is 2.33 bits per heavy atom. The molecule has 1 heterocycles. The van der Waals surface area contributed by atoms with Crippen molar-refractivity contribution in [3.8, 4) is 0 Å². The van der Waals surface area contributed by atoms with Crippen LogP contribution in [0.1, 0.15) is 12.1 Å². The summed E-state index contributed by atoms with van der Waals surface area (Å²) in [6.07, 6.45) is 1.85. The molecule has 0 aliphatic carbocycles. The van der Waals surface area contributed by atoms with Crippen molar-refractivity contribution < 1.29 is 13.9 Å². The molecule has 5 heteroatoms. The van der Waals surface area contributed by atoms with Crippen LogP contribution in [0.25, 0.3) is 0 Å². The van der Waals surface area contributed by atoms with Crippen molar-refractivity contribution in [3.05, 3.63) is 18.2 Å². The number of alkyl halides is 2. The van der Waals surface area contributed by atoms with Crippen LogP contribution in [-0.4, -0.2) is 21.3 Å². The standard InChI is InChI=1S/C7H10F2N2O/c1-11-5-10-4-6(11)7(8,9)2-3-12/h4-5,12H,2-3H2,1H3. The van der Waals surface area contributed by atoms with Crippen LogP contribution < -0.4 is 0 Å². The minimum atomic E-state index is -2.99. The SMILES string of the molecule is Cn1cncc1C(F)(F)CCO. The summed E-state index contributed by atoms with van der Waals surface area (Å²) in [5.74, 6) is -2.99. The molecule has 0 saturated heterocycles. The fourth-order valence-electron chi connectivity index (χ4n) is 0.978. The Bertz CT molecular complexity index is 260. The second-order valence-electron chi connectivity index (χ2n) is 2.57. The molecule has 1 N–H and O–H groups in total. The molecule has 1 aromatic heterocycles. The largest absolute Gasteiger partial charge is 0.396 e. The predicted octanol–water partition coefficient (Wildman–Crippen LogP) is 0.894. The normalized spacial score (nSPS) is 12.0. The first-order valence-corrected chi connectivity index (χ1v) is 3.53. The van der Waals surface area contributed by atoms with E-state index in [-0.39, 0.29) is 5.69 Å². The Labute approximate surface area is 68.7 Å². The molecule has 0 spiro atoms. The average Bonchev–Trinajstić information content (AvgIpc) is 2.35. The van der Waals surface area contributed by atoms with E-state index in [1.165, 1.54) is 17.9 Å². The first-order valence-electron chi connectivity index (χ1n) is 3.53. The highest BCUT2D eigenvalue weighted by atomic mass is 19.3. The maximum absolute atomic E-state index is 13.0. The summed E-state index contributed by atoms with van der Waals surface area (Å²) in [5.41, 5.74) is -0.170. The second kappa shape index (κ2) is 3.18. The highest BCUT2D eigenvalue weighted by Gasteiger charge is 2.33. The lowest BCUT2D eigenvalue weighted by Gasteiger charge is -2.14. The monoisotopic (exact) mass is 176 g/mol. The van der Waals surface area contributed by atoms with E-state index >= 15 is 0 Å². The summed E-state index contributed by atoms with van der Waals surface area (Å²) >= 11 is 0. The van der Waals surface area contributed by atoms with Gasteiger partial charge in [0.15, 0.2) is 0 Å². The van der Waals surface area contributed by atoms with Crippen LogP contribution in [0, 0.1) is 0 Å². The number of halogens is 2. The fraction of sp³-hybridized carbons (Fsp3) is 0.571. The average molecular weight is 176 g/mol. The number of rotatable bonds is 3. The highest BCUT2D eigenvalue weighted by molar-refractivity contribution is 5.05. The third-order valence-corrected chi connectivity index (χ3v) is 1.62. The molecular weight excluding hydrogens is 166 g/mol. The Kier molecular flexibility index (Phi) is 2.42. The molecule has 0 aliphatic rings. The first kappa shape index (κ1) is 9.12. The van der Waals surface area contributed by atoms with E-state index < -0.39 is 19.0 Å². The van der Waals surface area contributed by atoms with Crippen LogP contribution in [0.2, 0.25) is 0 Å². The molecular formula is C7H10F2N2O. The van der Waals surface area contributed by atoms with Gasteiger partial charge in [-0.05, 0) is 0 Å².